The number of halogens is 1. The third-order valence-electron chi connectivity index (χ3n) is 1.51. The van der Waals surface area contributed by atoms with Gasteiger partial charge in [-0.05, 0) is 7.05 Å². The number of hydrogen-bond acceptors (Lipinski definition) is 3. The molecular weight excluding hydrogens is 152 g/mol. The van der Waals surface area contributed by atoms with Crippen molar-refractivity contribution in [3.63, 3.8) is 0 Å². The Labute approximate surface area is 65.0 Å². The summed E-state index contributed by atoms with van der Waals surface area (Å²) in [6.45, 7) is 2.20. The molecule has 0 saturated carbocycles. The van der Waals surface area contributed by atoms with Crippen LogP contribution < -0.4 is 0 Å². The molecular formula is C6H9ClN2O. The Hall–Kier alpha value is -0.500. The van der Waals surface area contributed by atoms with Crippen LogP contribution in [0.25, 0.3) is 0 Å². The fourth-order valence-corrected chi connectivity index (χ4v) is 1.05. The van der Waals surface area contributed by atoms with Gasteiger partial charge in [-0.15, -0.1) is 0 Å². The van der Waals surface area contributed by atoms with Crippen LogP contribution in [0.4, 0.5) is 0 Å². The van der Waals surface area contributed by atoms with Crippen LogP contribution in [0.3, 0.4) is 0 Å². The van der Waals surface area contributed by atoms with Crippen LogP contribution in [0.5, 0.6) is 0 Å². The Kier molecular flexibility index (Phi) is 2.33. The number of carbonyl (C=O) groups excluding carboxylic acids is 1. The number of nitrogens with zero attached hydrogens (tertiary/aromatic N) is 2. The summed E-state index contributed by atoms with van der Waals surface area (Å²) < 4.78 is 1.42. The third-order valence-corrected chi connectivity index (χ3v) is 1.88. The predicted molar refractivity (Wildman–Crippen MR) is 39.3 cm³/mol. The Morgan fingerprint density at radius 1 is 1.60 bits per heavy atom. The summed E-state index contributed by atoms with van der Waals surface area (Å²) in [7, 11) is 1.95. The van der Waals surface area contributed by atoms with Crippen molar-refractivity contribution >= 4 is 17.7 Å². The molecule has 3 nitrogen and oxygen atoms in total. The van der Waals surface area contributed by atoms with Gasteiger partial charge in [-0.1, -0.05) is 0 Å². The zero-order chi connectivity index (χ0) is 7.56. The number of rotatable bonds is 0. The van der Waals surface area contributed by atoms with Gasteiger partial charge in [-0.3, -0.25) is 9.32 Å². The zero-order valence-corrected chi connectivity index (χ0v) is 6.56. The summed E-state index contributed by atoms with van der Waals surface area (Å²) in [4.78, 5) is 12.2. The summed E-state index contributed by atoms with van der Waals surface area (Å²) in [5.41, 5.74) is 0.524. The molecule has 0 bridgehead atoms. The van der Waals surface area contributed by atoms with Crippen molar-refractivity contribution in [2.24, 2.45) is 0 Å². The van der Waals surface area contributed by atoms with Crippen LogP contribution in [0, 0.1) is 0 Å². The smallest absolute Gasteiger partial charge is 0.148 e. The zero-order valence-electron chi connectivity index (χ0n) is 5.80. The molecule has 0 aliphatic carbocycles. The molecule has 0 amide bonds. The van der Waals surface area contributed by atoms with Crippen LogP contribution >= 0.6 is 11.8 Å². The maximum atomic E-state index is 10.2. The van der Waals surface area contributed by atoms with Crippen molar-refractivity contribution in [2.45, 2.75) is 0 Å². The first-order valence-corrected chi connectivity index (χ1v) is 3.43. The lowest BCUT2D eigenvalue weighted by Crippen LogP contribution is -2.38. The summed E-state index contributed by atoms with van der Waals surface area (Å²) >= 11 is 5.66. The van der Waals surface area contributed by atoms with Crippen LogP contribution in [0.2, 0.25) is 0 Å². The molecule has 0 unspecified atom stereocenters. The van der Waals surface area contributed by atoms with Crippen molar-refractivity contribution in [1.29, 1.82) is 0 Å². The van der Waals surface area contributed by atoms with E-state index in [1.54, 1.807) is 5.94 Å². The number of likely N-dealkylation sites (N-methyl/N-ethyl adjacent to an activating group) is 1. The van der Waals surface area contributed by atoms with Crippen molar-refractivity contribution in [1.82, 2.24) is 9.32 Å². The van der Waals surface area contributed by atoms with Crippen LogP contribution in [0.1, 0.15) is 0 Å². The number of piperazine rings is 1. The monoisotopic (exact) mass is 160 g/mol. The van der Waals surface area contributed by atoms with Crippen LogP contribution in [-0.2, 0) is 4.79 Å². The fraction of sp³-hybridized carbons (Fsp3) is 0.667. The summed E-state index contributed by atoms with van der Waals surface area (Å²) in [5, 5.41) is 0. The average Bonchev–Trinajstić information content (AvgIpc) is 1.94. The normalized spacial score (nSPS) is 21.0. The van der Waals surface area contributed by atoms with Gasteiger partial charge in [-0.2, -0.15) is 0 Å². The molecule has 1 fully saturated rings. The first-order valence-electron chi connectivity index (χ1n) is 3.10. The largest absolute Gasteiger partial charge is 0.298 e. The highest BCUT2D eigenvalue weighted by molar-refractivity contribution is 6.15. The van der Waals surface area contributed by atoms with Gasteiger partial charge in [0, 0.05) is 24.9 Å². The van der Waals surface area contributed by atoms with E-state index in [1.165, 1.54) is 4.42 Å². The molecule has 1 heterocycles. The quantitative estimate of drug-likeness (QED) is 0.371. The molecule has 10 heavy (non-hydrogen) atoms. The highest BCUT2D eigenvalue weighted by Gasteiger charge is 2.16. The van der Waals surface area contributed by atoms with E-state index in [9.17, 15) is 4.79 Å². The predicted octanol–water partition coefficient (Wildman–Crippen LogP) is 0.103. The van der Waals surface area contributed by atoms with E-state index in [0.29, 0.717) is 18.8 Å². The molecule has 1 saturated heterocycles. The molecule has 0 aromatic heterocycles. The minimum atomic E-state index is 0.524. The molecule has 0 spiro atoms. The lowest BCUT2D eigenvalue weighted by molar-refractivity contribution is 0.273. The highest BCUT2D eigenvalue weighted by atomic mass is 35.5. The van der Waals surface area contributed by atoms with Crippen molar-refractivity contribution < 1.29 is 4.79 Å². The molecule has 4 heteroatoms. The molecule has 0 radical (unpaired) electrons. The van der Waals surface area contributed by atoms with Crippen molar-refractivity contribution in [3.8, 4) is 0 Å². The maximum Gasteiger partial charge on any atom is 0.148 e. The van der Waals surface area contributed by atoms with Gasteiger partial charge < -0.3 is 0 Å². The Bertz CT molecular complexity index is 177. The SMILES string of the molecule is CN1CCN(Cl)C(=C=O)C1. The molecule has 56 valence electrons. The first kappa shape index (κ1) is 7.61. The second-order valence-electron chi connectivity index (χ2n) is 2.37. The Balaban J connectivity index is 2.63. The summed E-state index contributed by atoms with van der Waals surface area (Å²) in [6, 6.07) is 0. The lowest BCUT2D eigenvalue weighted by atomic mass is 10.3. The third kappa shape index (κ3) is 1.51. The lowest BCUT2D eigenvalue weighted by Gasteiger charge is -2.28. The summed E-state index contributed by atoms with van der Waals surface area (Å²) in [6.07, 6.45) is 0. The Morgan fingerprint density at radius 2 is 2.30 bits per heavy atom. The molecule has 0 atom stereocenters. The van der Waals surface area contributed by atoms with Gasteiger partial charge in [0.2, 0.25) is 0 Å². The van der Waals surface area contributed by atoms with E-state index < -0.39 is 0 Å². The first-order chi connectivity index (χ1) is 4.74. The van der Waals surface area contributed by atoms with E-state index in [2.05, 4.69) is 0 Å². The molecule has 0 aromatic rings. The van der Waals surface area contributed by atoms with Gasteiger partial charge >= 0.3 is 0 Å². The van der Waals surface area contributed by atoms with E-state index in [4.69, 9.17) is 11.8 Å². The maximum absolute atomic E-state index is 10.2. The standard InChI is InChI=1S/C6H9ClN2O/c1-8-2-3-9(7)6(4-8)5-10/h2-4H2,1H3. The van der Waals surface area contributed by atoms with Crippen LogP contribution in [0.15, 0.2) is 5.70 Å². The molecule has 1 aliphatic rings. The van der Waals surface area contributed by atoms with Gasteiger partial charge in [0.05, 0.1) is 6.54 Å². The Morgan fingerprint density at radius 3 is 2.80 bits per heavy atom. The molecule has 1 aliphatic heterocycles. The van der Waals surface area contributed by atoms with Crippen molar-refractivity contribution in [2.75, 3.05) is 26.7 Å². The molecule has 1 rings (SSSR count). The van der Waals surface area contributed by atoms with E-state index in [0.717, 1.165) is 6.54 Å². The second kappa shape index (κ2) is 3.06. The van der Waals surface area contributed by atoms with Gasteiger partial charge in [0.1, 0.15) is 11.6 Å². The molecule has 0 aromatic carbocycles. The minimum absolute atomic E-state index is 0.524. The van der Waals surface area contributed by atoms with Crippen LogP contribution in [-0.4, -0.2) is 41.9 Å². The highest BCUT2D eigenvalue weighted by Crippen LogP contribution is 2.10. The molecule has 0 N–H and O–H groups in total. The van der Waals surface area contributed by atoms with E-state index in [-0.39, 0.29) is 0 Å². The summed E-state index contributed by atoms with van der Waals surface area (Å²) in [5.74, 6) is 1.80. The van der Waals surface area contributed by atoms with Gasteiger partial charge in [0.15, 0.2) is 0 Å². The number of hydrogen-bond donors (Lipinski definition) is 0. The van der Waals surface area contributed by atoms with E-state index >= 15 is 0 Å². The van der Waals surface area contributed by atoms with E-state index in [1.807, 2.05) is 11.9 Å². The average molecular weight is 161 g/mol. The minimum Gasteiger partial charge on any atom is -0.298 e. The van der Waals surface area contributed by atoms with Gasteiger partial charge in [0.25, 0.3) is 0 Å². The topological polar surface area (TPSA) is 23.6 Å². The second-order valence-corrected chi connectivity index (χ2v) is 2.78. The fourth-order valence-electron chi connectivity index (χ4n) is 0.887. The van der Waals surface area contributed by atoms with Crippen molar-refractivity contribution in [3.05, 3.63) is 5.70 Å². The van der Waals surface area contributed by atoms with Gasteiger partial charge in [-0.25, -0.2) is 4.79 Å².